The van der Waals surface area contributed by atoms with Gasteiger partial charge < -0.3 is 14.5 Å². The fourth-order valence-corrected chi connectivity index (χ4v) is 2.30. The van der Waals surface area contributed by atoms with E-state index < -0.39 is 0 Å². The molecule has 2 heterocycles. The molecule has 0 saturated carbocycles. The average molecular weight is 263 g/mol. The first-order valence-electron chi connectivity index (χ1n) is 6.60. The number of carbonyl (C=O) groups excluding carboxylic acids is 1. The van der Waals surface area contributed by atoms with Gasteiger partial charge in [0, 0.05) is 25.3 Å². The van der Waals surface area contributed by atoms with Crippen molar-refractivity contribution in [3.05, 3.63) is 23.5 Å². The van der Waals surface area contributed by atoms with E-state index in [9.17, 15) is 4.79 Å². The van der Waals surface area contributed by atoms with Crippen LogP contribution < -0.4 is 4.74 Å². The summed E-state index contributed by atoms with van der Waals surface area (Å²) in [5, 5.41) is 0. The van der Waals surface area contributed by atoms with Crippen LogP contribution in [0.15, 0.2) is 12.3 Å². The van der Waals surface area contributed by atoms with Crippen LogP contribution in [0.2, 0.25) is 0 Å². The third-order valence-corrected chi connectivity index (χ3v) is 3.46. The maximum absolute atomic E-state index is 12.6. The molecule has 1 fully saturated rings. The molecule has 104 valence electrons. The van der Waals surface area contributed by atoms with E-state index in [1.165, 1.54) is 0 Å². The molecule has 0 N–H and O–H groups in total. The van der Waals surface area contributed by atoms with Gasteiger partial charge in [0.15, 0.2) is 0 Å². The molecule has 0 aromatic carbocycles. The lowest BCUT2D eigenvalue weighted by Crippen LogP contribution is -2.34. The standard InChI is InChI=1S/C14H21N3O2/c1-11-9-12(13(19-3)10-15-11)14(18)17-6-4-5-16(2)7-8-17/h9-10H,4-8H2,1-3H3. The molecule has 1 amide bonds. The van der Waals surface area contributed by atoms with Gasteiger partial charge >= 0.3 is 0 Å². The summed E-state index contributed by atoms with van der Waals surface area (Å²) in [5.41, 5.74) is 1.44. The van der Waals surface area contributed by atoms with Crippen LogP contribution in [0.3, 0.4) is 0 Å². The second-order valence-electron chi connectivity index (χ2n) is 4.97. The highest BCUT2D eigenvalue weighted by atomic mass is 16.5. The number of nitrogens with zero attached hydrogens (tertiary/aromatic N) is 3. The van der Waals surface area contributed by atoms with Crippen LogP contribution in [0.4, 0.5) is 0 Å². The van der Waals surface area contributed by atoms with Crippen LogP contribution in [0.1, 0.15) is 22.5 Å². The fraction of sp³-hybridized carbons (Fsp3) is 0.571. The Kier molecular flexibility index (Phi) is 4.37. The number of methoxy groups -OCH3 is 1. The van der Waals surface area contributed by atoms with Gasteiger partial charge in [-0.25, -0.2) is 0 Å². The number of likely N-dealkylation sites (N-methyl/N-ethyl adjacent to an activating group) is 1. The summed E-state index contributed by atoms with van der Waals surface area (Å²) in [6, 6.07) is 1.80. The molecule has 2 rings (SSSR count). The molecule has 1 aliphatic heterocycles. The van der Waals surface area contributed by atoms with Crippen LogP contribution in [0, 0.1) is 6.92 Å². The lowest BCUT2D eigenvalue weighted by atomic mass is 10.2. The van der Waals surface area contributed by atoms with Crippen LogP contribution in [0.25, 0.3) is 0 Å². The zero-order valence-electron chi connectivity index (χ0n) is 11.8. The topological polar surface area (TPSA) is 45.7 Å². The van der Waals surface area contributed by atoms with E-state index in [4.69, 9.17) is 4.74 Å². The van der Waals surface area contributed by atoms with Gasteiger partial charge in [0.2, 0.25) is 0 Å². The predicted octanol–water partition coefficient (Wildman–Crippen LogP) is 1.18. The van der Waals surface area contributed by atoms with Crippen molar-refractivity contribution in [1.82, 2.24) is 14.8 Å². The number of pyridine rings is 1. The lowest BCUT2D eigenvalue weighted by molar-refractivity contribution is 0.0759. The van der Waals surface area contributed by atoms with E-state index in [0.717, 1.165) is 38.3 Å². The maximum atomic E-state index is 12.6. The van der Waals surface area contributed by atoms with Crippen LogP contribution in [-0.2, 0) is 0 Å². The normalized spacial score (nSPS) is 17.1. The summed E-state index contributed by atoms with van der Waals surface area (Å²) in [7, 11) is 3.66. The van der Waals surface area contributed by atoms with Crippen molar-refractivity contribution in [2.75, 3.05) is 40.3 Å². The van der Waals surface area contributed by atoms with Gasteiger partial charge in [0.1, 0.15) is 5.75 Å². The number of rotatable bonds is 2. The minimum Gasteiger partial charge on any atom is -0.494 e. The molecule has 0 spiro atoms. The second-order valence-corrected chi connectivity index (χ2v) is 4.97. The smallest absolute Gasteiger partial charge is 0.257 e. The van der Waals surface area contributed by atoms with Crippen molar-refractivity contribution in [3.63, 3.8) is 0 Å². The van der Waals surface area contributed by atoms with Crippen molar-refractivity contribution >= 4 is 5.91 Å². The third-order valence-electron chi connectivity index (χ3n) is 3.46. The Balaban J connectivity index is 2.21. The molecule has 0 bridgehead atoms. The highest BCUT2D eigenvalue weighted by molar-refractivity contribution is 5.97. The molecule has 0 atom stereocenters. The molecule has 0 unspecified atom stereocenters. The van der Waals surface area contributed by atoms with Crippen molar-refractivity contribution < 1.29 is 9.53 Å². The van der Waals surface area contributed by atoms with Gasteiger partial charge in [-0.05, 0) is 33.0 Å². The quantitative estimate of drug-likeness (QED) is 0.803. The first-order chi connectivity index (χ1) is 9.11. The Hall–Kier alpha value is -1.62. The van der Waals surface area contributed by atoms with Gasteiger partial charge in [-0.15, -0.1) is 0 Å². The summed E-state index contributed by atoms with van der Waals surface area (Å²) in [6.07, 6.45) is 2.63. The Morgan fingerprint density at radius 2 is 2.11 bits per heavy atom. The first kappa shape index (κ1) is 13.8. The second kappa shape index (κ2) is 6.02. The van der Waals surface area contributed by atoms with Crippen molar-refractivity contribution in [2.24, 2.45) is 0 Å². The predicted molar refractivity (Wildman–Crippen MR) is 73.5 cm³/mol. The maximum Gasteiger partial charge on any atom is 0.257 e. The summed E-state index contributed by atoms with van der Waals surface area (Å²) in [5.74, 6) is 0.589. The monoisotopic (exact) mass is 263 g/mol. The molecule has 5 nitrogen and oxygen atoms in total. The number of carbonyl (C=O) groups is 1. The van der Waals surface area contributed by atoms with Crippen LogP contribution in [0.5, 0.6) is 5.75 Å². The third kappa shape index (κ3) is 3.23. The van der Waals surface area contributed by atoms with E-state index in [0.29, 0.717) is 11.3 Å². The summed E-state index contributed by atoms with van der Waals surface area (Å²) in [4.78, 5) is 20.9. The van der Waals surface area contributed by atoms with Crippen molar-refractivity contribution in [3.8, 4) is 5.75 Å². The van der Waals surface area contributed by atoms with E-state index >= 15 is 0 Å². The Morgan fingerprint density at radius 1 is 1.32 bits per heavy atom. The minimum atomic E-state index is 0.0395. The average Bonchev–Trinajstić information content (AvgIpc) is 2.62. The molecule has 19 heavy (non-hydrogen) atoms. The summed E-state index contributed by atoms with van der Waals surface area (Å²) < 4.78 is 5.24. The molecular formula is C14H21N3O2. The Labute approximate surface area is 114 Å². The highest BCUT2D eigenvalue weighted by Crippen LogP contribution is 2.20. The summed E-state index contributed by atoms with van der Waals surface area (Å²) >= 11 is 0. The number of aromatic nitrogens is 1. The Bertz CT molecular complexity index is 462. The molecule has 1 aliphatic rings. The Morgan fingerprint density at radius 3 is 2.84 bits per heavy atom. The molecule has 1 aromatic heterocycles. The van der Waals surface area contributed by atoms with E-state index in [-0.39, 0.29) is 5.91 Å². The van der Waals surface area contributed by atoms with Gasteiger partial charge in [0.05, 0.1) is 18.9 Å². The SMILES string of the molecule is COc1cnc(C)cc1C(=O)N1CCCN(C)CC1. The first-order valence-corrected chi connectivity index (χ1v) is 6.60. The van der Waals surface area contributed by atoms with Crippen LogP contribution in [-0.4, -0.2) is 61.0 Å². The zero-order chi connectivity index (χ0) is 13.8. The van der Waals surface area contributed by atoms with Gasteiger partial charge in [0.25, 0.3) is 5.91 Å². The number of hydrogen-bond acceptors (Lipinski definition) is 4. The van der Waals surface area contributed by atoms with Gasteiger partial charge in [-0.2, -0.15) is 0 Å². The van der Waals surface area contributed by atoms with Gasteiger partial charge in [-0.1, -0.05) is 0 Å². The number of hydrogen-bond donors (Lipinski definition) is 0. The zero-order valence-corrected chi connectivity index (χ0v) is 11.8. The molecule has 0 radical (unpaired) electrons. The molecule has 0 aliphatic carbocycles. The summed E-state index contributed by atoms with van der Waals surface area (Å²) in [6.45, 7) is 5.40. The molecule has 1 aromatic rings. The molecule has 5 heteroatoms. The number of aryl methyl sites for hydroxylation is 1. The highest BCUT2D eigenvalue weighted by Gasteiger charge is 2.22. The van der Waals surface area contributed by atoms with E-state index in [1.54, 1.807) is 19.4 Å². The van der Waals surface area contributed by atoms with E-state index in [1.807, 2.05) is 11.8 Å². The van der Waals surface area contributed by atoms with Crippen molar-refractivity contribution in [1.29, 1.82) is 0 Å². The number of ether oxygens (including phenoxy) is 1. The van der Waals surface area contributed by atoms with Gasteiger partial charge in [-0.3, -0.25) is 9.78 Å². The van der Waals surface area contributed by atoms with Crippen molar-refractivity contribution in [2.45, 2.75) is 13.3 Å². The largest absolute Gasteiger partial charge is 0.494 e. The van der Waals surface area contributed by atoms with Crippen LogP contribution >= 0.6 is 0 Å². The molecule has 1 saturated heterocycles. The number of amides is 1. The molecular weight excluding hydrogens is 242 g/mol. The van der Waals surface area contributed by atoms with E-state index in [2.05, 4.69) is 16.9 Å². The lowest BCUT2D eigenvalue weighted by Gasteiger charge is -2.21. The fourth-order valence-electron chi connectivity index (χ4n) is 2.30. The minimum absolute atomic E-state index is 0.0395.